The van der Waals surface area contributed by atoms with Crippen LogP contribution in [0.5, 0.6) is 0 Å². The van der Waals surface area contributed by atoms with Crippen molar-refractivity contribution in [2.75, 3.05) is 4.90 Å². The van der Waals surface area contributed by atoms with Crippen LogP contribution in [0.15, 0.2) is 27.8 Å². The highest BCUT2D eigenvalue weighted by Gasteiger charge is 2.27. The quantitative estimate of drug-likeness (QED) is 0.765. The van der Waals surface area contributed by atoms with Gasteiger partial charge >= 0.3 is 0 Å². The number of hydrogen-bond acceptors (Lipinski definition) is 3. The van der Waals surface area contributed by atoms with Crippen molar-refractivity contribution in [3.63, 3.8) is 0 Å². The van der Waals surface area contributed by atoms with E-state index in [4.69, 9.17) is 0 Å². The van der Waals surface area contributed by atoms with Gasteiger partial charge in [0.1, 0.15) is 12.5 Å². The van der Waals surface area contributed by atoms with Gasteiger partial charge in [0.15, 0.2) is 0 Å². The normalized spacial score (nSPS) is 22.9. The first-order valence-electron chi connectivity index (χ1n) is 4.70. The zero-order valence-electron chi connectivity index (χ0n) is 7.57. The largest absolute Gasteiger partial charge is 0.308 e. The number of rotatable bonds is 0. The molecule has 2 aliphatic heterocycles. The molecule has 0 saturated carbocycles. The molecule has 1 aromatic carbocycles. The van der Waals surface area contributed by atoms with Gasteiger partial charge in [0, 0.05) is 10.2 Å². The molecule has 2 heterocycles. The summed E-state index contributed by atoms with van der Waals surface area (Å²) in [6.07, 6.45) is 4.47. The van der Waals surface area contributed by atoms with E-state index in [-0.39, 0.29) is 0 Å². The smallest absolute Gasteiger partial charge is 0.121 e. The topological polar surface area (TPSA) is 27.6 Å². The van der Waals surface area contributed by atoms with Crippen molar-refractivity contribution in [2.24, 2.45) is 5.10 Å². The van der Waals surface area contributed by atoms with E-state index in [9.17, 15) is 0 Å². The average molecular weight is 252 g/mol. The second-order valence-electron chi connectivity index (χ2n) is 3.61. The minimum atomic E-state index is 0.365. The van der Waals surface area contributed by atoms with Crippen molar-refractivity contribution in [1.29, 1.82) is 0 Å². The van der Waals surface area contributed by atoms with Crippen molar-refractivity contribution in [2.45, 2.75) is 19.0 Å². The molecule has 1 N–H and O–H groups in total. The molecule has 0 amide bonds. The fourth-order valence-corrected chi connectivity index (χ4v) is 2.46. The molecule has 0 aromatic heterocycles. The van der Waals surface area contributed by atoms with Crippen LogP contribution in [0.2, 0.25) is 0 Å². The number of hydrazone groups is 1. The highest BCUT2D eigenvalue weighted by atomic mass is 79.9. The lowest BCUT2D eigenvalue weighted by Crippen LogP contribution is -2.40. The third-order valence-corrected chi connectivity index (χ3v) is 3.24. The van der Waals surface area contributed by atoms with Crippen LogP contribution in [-0.2, 0) is 6.42 Å². The first-order valence-corrected chi connectivity index (χ1v) is 5.49. The Morgan fingerprint density at radius 3 is 3.36 bits per heavy atom. The van der Waals surface area contributed by atoms with E-state index in [1.807, 2.05) is 6.34 Å². The Kier molecular flexibility index (Phi) is 1.77. The predicted molar refractivity (Wildman–Crippen MR) is 60.4 cm³/mol. The van der Waals surface area contributed by atoms with E-state index >= 15 is 0 Å². The summed E-state index contributed by atoms with van der Waals surface area (Å²) in [6.45, 7) is 0. The third-order valence-electron chi connectivity index (χ3n) is 2.75. The summed E-state index contributed by atoms with van der Waals surface area (Å²) >= 11 is 3.50. The molecule has 2 aliphatic rings. The Morgan fingerprint density at radius 1 is 1.50 bits per heavy atom. The van der Waals surface area contributed by atoms with Gasteiger partial charge in [-0.2, -0.15) is 5.10 Å². The van der Waals surface area contributed by atoms with Gasteiger partial charge in [-0.25, -0.2) is 0 Å². The van der Waals surface area contributed by atoms with Crippen LogP contribution >= 0.6 is 15.9 Å². The molecule has 0 spiro atoms. The first-order chi connectivity index (χ1) is 6.84. The Labute approximate surface area is 90.9 Å². The predicted octanol–water partition coefficient (Wildman–Crippen LogP) is 2.07. The van der Waals surface area contributed by atoms with E-state index in [1.54, 1.807) is 0 Å². The number of anilines is 1. The number of benzene rings is 1. The Balaban J connectivity index is 2.09. The summed E-state index contributed by atoms with van der Waals surface area (Å²) in [5, 5.41) is 4.09. The fourth-order valence-electron chi connectivity index (χ4n) is 2.06. The highest BCUT2D eigenvalue weighted by molar-refractivity contribution is 9.10. The lowest BCUT2D eigenvalue weighted by atomic mass is 10.0. The maximum atomic E-state index is 4.09. The van der Waals surface area contributed by atoms with Crippen molar-refractivity contribution in [3.05, 3.63) is 28.2 Å². The molecule has 1 unspecified atom stereocenters. The number of halogens is 1. The standard InChI is InChI=1S/C10H10BrN3/c11-8-2-3-9-7(5-8)1-4-10-13-12-6-14(9)10/h2-3,5-6,10,13H,1,4H2. The third kappa shape index (κ3) is 1.14. The minimum absolute atomic E-state index is 0.365. The van der Waals surface area contributed by atoms with Gasteiger partial charge < -0.3 is 4.90 Å². The molecule has 72 valence electrons. The second kappa shape index (κ2) is 2.98. The molecule has 1 aromatic rings. The molecule has 1 atom stereocenters. The van der Waals surface area contributed by atoms with Gasteiger partial charge in [-0.15, -0.1) is 0 Å². The number of fused-ring (bicyclic) bond motifs is 3. The number of nitrogens with zero attached hydrogens (tertiary/aromatic N) is 2. The zero-order valence-corrected chi connectivity index (χ0v) is 9.16. The molecule has 3 rings (SSSR count). The van der Waals surface area contributed by atoms with Gasteiger partial charge in [-0.1, -0.05) is 15.9 Å². The van der Waals surface area contributed by atoms with Crippen LogP contribution in [0.4, 0.5) is 5.69 Å². The lowest BCUT2D eigenvalue weighted by Gasteiger charge is -2.30. The second-order valence-corrected chi connectivity index (χ2v) is 4.52. The van der Waals surface area contributed by atoms with Gasteiger partial charge in [-0.3, -0.25) is 5.43 Å². The van der Waals surface area contributed by atoms with E-state index in [2.05, 4.69) is 49.6 Å². The number of aryl methyl sites for hydroxylation is 1. The van der Waals surface area contributed by atoms with E-state index in [0.29, 0.717) is 6.17 Å². The zero-order chi connectivity index (χ0) is 9.54. The molecular formula is C10H10BrN3. The maximum Gasteiger partial charge on any atom is 0.121 e. The maximum absolute atomic E-state index is 4.09. The number of hydrogen-bond donors (Lipinski definition) is 1. The summed E-state index contributed by atoms with van der Waals surface area (Å²) < 4.78 is 1.15. The molecular weight excluding hydrogens is 242 g/mol. The van der Waals surface area contributed by atoms with Crippen LogP contribution in [-0.4, -0.2) is 12.5 Å². The monoisotopic (exact) mass is 251 g/mol. The Morgan fingerprint density at radius 2 is 2.43 bits per heavy atom. The number of nitrogens with one attached hydrogen (secondary N) is 1. The Bertz CT molecular complexity index is 402. The van der Waals surface area contributed by atoms with Crippen LogP contribution in [0.25, 0.3) is 0 Å². The minimum Gasteiger partial charge on any atom is -0.308 e. The molecule has 0 fully saturated rings. The summed E-state index contributed by atoms with van der Waals surface area (Å²) in [6, 6.07) is 6.41. The fraction of sp³-hybridized carbons (Fsp3) is 0.300. The van der Waals surface area contributed by atoms with Crippen molar-refractivity contribution in [3.8, 4) is 0 Å². The molecule has 0 radical (unpaired) electrons. The molecule has 3 nitrogen and oxygen atoms in total. The molecule has 4 heteroatoms. The lowest BCUT2D eigenvalue weighted by molar-refractivity contribution is 0.525. The molecule has 0 saturated heterocycles. The van der Waals surface area contributed by atoms with Crippen LogP contribution in [0.3, 0.4) is 0 Å². The Hall–Kier alpha value is -1.03. The summed E-state index contributed by atoms with van der Waals surface area (Å²) in [5.74, 6) is 0. The highest BCUT2D eigenvalue weighted by Crippen LogP contribution is 2.32. The van der Waals surface area contributed by atoms with Gasteiger partial charge in [-0.05, 0) is 36.6 Å². The summed E-state index contributed by atoms with van der Waals surface area (Å²) in [7, 11) is 0. The molecule has 0 aliphatic carbocycles. The van der Waals surface area contributed by atoms with E-state index in [1.165, 1.54) is 11.3 Å². The van der Waals surface area contributed by atoms with Gasteiger partial charge in [0.05, 0.1) is 0 Å². The van der Waals surface area contributed by atoms with E-state index < -0.39 is 0 Å². The first kappa shape index (κ1) is 8.29. The van der Waals surface area contributed by atoms with Crippen LogP contribution in [0, 0.1) is 0 Å². The van der Waals surface area contributed by atoms with Crippen molar-refractivity contribution >= 4 is 28.0 Å². The van der Waals surface area contributed by atoms with Crippen LogP contribution < -0.4 is 10.3 Å². The van der Waals surface area contributed by atoms with Crippen molar-refractivity contribution < 1.29 is 0 Å². The molecule has 0 bridgehead atoms. The summed E-state index contributed by atoms with van der Waals surface area (Å²) in [5.41, 5.74) is 5.77. The van der Waals surface area contributed by atoms with Crippen LogP contribution in [0.1, 0.15) is 12.0 Å². The summed E-state index contributed by atoms with van der Waals surface area (Å²) in [4.78, 5) is 2.20. The van der Waals surface area contributed by atoms with Gasteiger partial charge in [0.25, 0.3) is 0 Å². The van der Waals surface area contributed by atoms with Gasteiger partial charge in [0.2, 0.25) is 0 Å². The molecule has 14 heavy (non-hydrogen) atoms. The van der Waals surface area contributed by atoms with Crippen molar-refractivity contribution in [1.82, 2.24) is 5.43 Å². The van der Waals surface area contributed by atoms with E-state index in [0.717, 1.165) is 17.3 Å². The average Bonchev–Trinajstić information content (AvgIpc) is 2.65. The SMILES string of the molecule is Brc1ccc2c(c1)CCC1NN=CN21.